The lowest BCUT2D eigenvalue weighted by Crippen LogP contribution is -2.13. The monoisotopic (exact) mass is 237 g/mol. The zero-order valence-corrected chi connectivity index (χ0v) is 10.8. The quantitative estimate of drug-likeness (QED) is 0.831. The molecule has 0 aliphatic carbocycles. The number of hydrogen-bond acceptors (Lipinski definition) is 1. The molecule has 1 fully saturated rings. The summed E-state index contributed by atoms with van der Waals surface area (Å²) in [5, 5.41) is 3.58. The van der Waals surface area contributed by atoms with Crippen LogP contribution >= 0.6 is 0 Å². The minimum absolute atomic E-state index is 0.546. The van der Waals surface area contributed by atoms with E-state index < -0.39 is 0 Å². The second-order valence-corrected chi connectivity index (χ2v) is 5.29. The molecule has 1 nitrogen and oxygen atoms in total. The third-order valence-corrected chi connectivity index (χ3v) is 3.77. The summed E-state index contributed by atoms with van der Waals surface area (Å²) in [4.78, 5) is 0. The van der Waals surface area contributed by atoms with Crippen LogP contribution in [0.4, 0.5) is 0 Å². The molecule has 0 bridgehead atoms. The first-order valence-corrected chi connectivity index (χ1v) is 6.72. The van der Waals surface area contributed by atoms with Crippen LogP contribution in [0.25, 0.3) is 11.1 Å². The van der Waals surface area contributed by atoms with Crippen molar-refractivity contribution in [2.45, 2.75) is 19.4 Å². The maximum atomic E-state index is 3.58. The molecule has 0 aromatic heterocycles. The summed E-state index contributed by atoms with van der Waals surface area (Å²) in [5.74, 6) is 0.795. The van der Waals surface area contributed by atoms with E-state index in [1.807, 2.05) is 0 Å². The van der Waals surface area contributed by atoms with E-state index in [-0.39, 0.29) is 0 Å². The zero-order chi connectivity index (χ0) is 12.4. The van der Waals surface area contributed by atoms with Crippen molar-refractivity contribution in [3.05, 3.63) is 60.2 Å². The first kappa shape index (κ1) is 11.5. The average Bonchev–Trinajstić information content (AvgIpc) is 2.87. The molecule has 3 rings (SSSR count). The zero-order valence-electron chi connectivity index (χ0n) is 10.8. The molecule has 2 aromatic rings. The van der Waals surface area contributed by atoms with Gasteiger partial charge in [0.15, 0.2) is 0 Å². The molecule has 1 heterocycles. The molecule has 1 aliphatic rings. The lowest BCUT2D eigenvalue weighted by molar-refractivity contribution is 0.612. The van der Waals surface area contributed by atoms with Gasteiger partial charge in [0.2, 0.25) is 0 Å². The topological polar surface area (TPSA) is 12.0 Å². The van der Waals surface area contributed by atoms with Gasteiger partial charge in [0.1, 0.15) is 0 Å². The molecule has 2 atom stereocenters. The van der Waals surface area contributed by atoms with Gasteiger partial charge < -0.3 is 5.32 Å². The van der Waals surface area contributed by atoms with Gasteiger partial charge in [0.05, 0.1) is 0 Å². The summed E-state index contributed by atoms with van der Waals surface area (Å²) < 4.78 is 0. The van der Waals surface area contributed by atoms with Crippen LogP contribution < -0.4 is 5.32 Å². The molecule has 18 heavy (non-hydrogen) atoms. The molecule has 1 heteroatoms. The smallest absolute Gasteiger partial charge is 0.0323 e. The first-order chi connectivity index (χ1) is 8.83. The molecule has 0 radical (unpaired) electrons. The Kier molecular flexibility index (Phi) is 3.16. The largest absolute Gasteiger partial charge is 0.310 e. The Morgan fingerprint density at radius 1 is 0.889 bits per heavy atom. The van der Waals surface area contributed by atoms with Crippen molar-refractivity contribution in [2.24, 2.45) is 5.92 Å². The van der Waals surface area contributed by atoms with Gasteiger partial charge in [-0.15, -0.1) is 0 Å². The summed E-state index contributed by atoms with van der Waals surface area (Å²) in [6.07, 6.45) is 1.25. The molecular weight excluding hydrogens is 218 g/mol. The van der Waals surface area contributed by atoms with Gasteiger partial charge in [-0.2, -0.15) is 0 Å². The van der Waals surface area contributed by atoms with Gasteiger partial charge in [-0.05, 0) is 35.6 Å². The maximum absolute atomic E-state index is 3.58. The fraction of sp³-hybridized carbons (Fsp3) is 0.294. The normalized spacial score (nSPS) is 23.2. The highest BCUT2D eigenvalue weighted by Crippen LogP contribution is 2.28. The molecule has 1 saturated heterocycles. The van der Waals surface area contributed by atoms with Crippen molar-refractivity contribution in [3.8, 4) is 11.1 Å². The van der Waals surface area contributed by atoms with Crippen LogP contribution in [0.15, 0.2) is 54.6 Å². The van der Waals surface area contributed by atoms with Crippen molar-refractivity contribution < 1.29 is 0 Å². The standard InChI is InChI=1S/C17H19N/c1-13-11-17(18-12-13)16-9-7-15(8-10-16)14-5-3-2-4-6-14/h2-10,13,17-18H,11-12H2,1H3/t13-,17+/m0/s1. The predicted octanol–water partition coefficient (Wildman–Crippen LogP) is 4.02. The number of benzene rings is 2. The van der Waals surface area contributed by atoms with E-state index >= 15 is 0 Å². The Labute approximate surface area is 109 Å². The van der Waals surface area contributed by atoms with E-state index in [0.29, 0.717) is 6.04 Å². The molecular formula is C17H19N. The molecule has 92 valence electrons. The van der Waals surface area contributed by atoms with Crippen LogP contribution in [0, 0.1) is 5.92 Å². The fourth-order valence-corrected chi connectivity index (χ4v) is 2.70. The van der Waals surface area contributed by atoms with Gasteiger partial charge in [-0.3, -0.25) is 0 Å². The highest BCUT2D eigenvalue weighted by atomic mass is 14.9. The Balaban J connectivity index is 1.81. The van der Waals surface area contributed by atoms with Crippen LogP contribution in [-0.4, -0.2) is 6.54 Å². The second-order valence-electron chi connectivity index (χ2n) is 5.29. The molecule has 0 saturated carbocycles. The van der Waals surface area contributed by atoms with Crippen LogP contribution in [0.1, 0.15) is 24.9 Å². The van der Waals surface area contributed by atoms with Crippen molar-refractivity contribution in [3.63, 3.8) is 0 Å². The third-order valence-electron chi connectivity index (χ3n) is 3.77. The van der Waals surface area contributed by atoms with Crippen molar-refractivity contribution in [2.75, 3.05) is 6.54 Å². The lowest BCUT2D eigenvalue weighted by Gasteiger charge is -2.11. The Morgan fingerprint density at radius 2 is 1.56 bits per heavy atom. The molecule has 0 amide bonds. The highest BCUT2D eigenvalue weighted by molar-refractivity contribution is 5.63. The van der Waals surface area contributed by atoms with E-state index in [9.17, 15) is 0 Å². The maximum Gasteiger partial charge on any atom is 0.0323 e. The van der Waals surface area contributed by atoms with Crippen LogP contribution in [0.2, 0.25) is 0 Å². The fourth-order valence-electron chi connectivity index (χ4n) is 2.70. The Bertz CT molecular complexity index is 501. The number of rotatable bonds is 2. The predicted molar refractivity (Wildman–Crippen MR) is 76.4 cm³/mol. The third kappa shape index (κ3) is 2.32. The molecule has 1 N–H and O–H groups in total. The van der Waals surface area contributed by atoms with Gasteiger partial charge in [0.25, 0.3) is 0 Å². The van der Waals surface area contributed by atoms with E-state index in [1.165, 1.54) is 23.1 Å². The Hall–Kier alpha value is -1.60. The van der Waals surface area contributed by atoms with Crippen LogP contribution in [-0.2, 0) is 0 Å². The van der Waals surface area contributed by atoms with Gasteiger partial charge in [-0.25, -0.2) is 0 Å². The van der Waals surface area contributed by atoms with Gasteiger partial charge in [-0.1, -0.05) is 61.5 Å². The lowest BCUT2D eigenvalue weighted by atomic mass is 9.98. The van der Waals surface area contributed by atoms with Crippen molar-refractivity contribution in [1.29, 1.82) is 0 Å². The second kappa shape index (κ2) is 4.95. The summed E-state index contributed by atoms with van der Waals surface area (Å²) >= 11 is 0. The van der Waals surface area contributed by atoms with Gasteiger partial charge in [0, 0.05) is 6.04 Å². The number of hydrogen-bond donors (Lipinski definition) is 1. The van der Waals surface area contributed by atoms with Gasteiger partial charge >= 0.3 is 0 Å². The highest BCUT2D eigenvalue weighted by Gasteiger charge is 2.21. The number of nitrogens with one attached hydrogen (secondary N) is 1. The SMILES string of the molecule is C[C@@H]1CN[C@@H](c2ccc(-c3ccccc3)cc2)C1. The Morgan fingerprint density at radius 3 is 2.17 bits per heavy atom. The van der Waals surface area contributed by atoms with E-state index in [1.54, 1.807) is 0 Å². The van der Waals surface area contributed by atoms with Crippen LogP contribution in [0.5, 0.6) is 0 Å². The first-order valence-electron chi connectivity index (χ1n) is 6.72. The van der Waals surface area contributed by atoms with Crippen LogP contribution in [0.3, 0.4) is 0 Å². The molecule has 0 spiro atoms. The minimum Gasteiger partial charge on any atom is -0.310 e. The summed E-state index contributed by atoms with van der Waals surface area (Å²) in [6, 6.07) is 20.1. The molecule has 1 aliphatic heterocycles. The van der Waals surface area contributed by atoms with E-state index in [0.717, 1.165) is 12.5 Å². The minimum atomic E-state index is 0.546. The van der Waals surface area contributed by atoms with Crippen molar-refractivity contribution in [1.82, 2.24) is 5.32 Å². The van der Waals surface area contributed by atoms with Crippen molar-refractivity contribution >= 4 is 0 Å². The summed E-state index contributed by atoms with van der Waals surface area (Å²) in [5.41, 5.74) is 4.00. The molecule has 0 unspecified atom stereocenters. The van der Waals surface area contributed by atoms with E-state index in [4.69, 9.17) is 0 Å². The average molecular weight is 237 g/mol. The summed E-state index contributed by atoms with van der Waals surface area (Å²) in [6.45, 7) is 3.45. The summed E-state index contributed by atoms with van der Waals surface area (Å²) in [7, 11) is 0. The van der Waals surface area contributed by atoms with E-state index in [2.05, 4.69) is 66.8 Å². The molecule has 2 aromatic carbocycles.